The lowest BCUT2D eigenvalue weighted by Gasteiger charge is -2.26. The van der Waals surface area contributed by atoms with Crippen LogP contribution in [0.4, 0.5) is 5.69 Å². The molecule has 2 aromatic carbocycles. The Morgan fingerprint density at radius 1 is 1.00 bits per heavy atom. The van der Waals surface area contributed by atoms with Gasteiger partial charge in [-0.3, -0.25) is 19.5 Å². The highest BCUT2D eigenvalue weighted by Crippen LogP contribution is 2.25. The molecule has 1 aliphatic heterocycles. The van der Waals surface area contributed by atoms with Gasteiger partial charge in [-0.2, -0.15) is 0 Å². The minimum absolute atomic E-state index is 0.0694. The van der Waals surface area contributed by atoms with Gasteiger partial charge in [-0.1, -0.05) is 48.9 Å². The molecule has 0 radical (unpaired) electrons. The van der Waals surface area contributed by atoms with Crippen LogP contribution in [0.15, 0.2) is 54.7 Å². The molecule has 1 saturated heterocycles. The molecule has 3 aromatic rings. The molecule has 148 valence electrons. The fourth-order valence-electron chi connectivity index (χ4n) is 3.83. The molecule has 1 aliphatic rings. The number of likely N-dealkylation sites (tertiary alicyclic amines) is 1. The summed E-state index contributed by atoms with van der Waals surface area (Å²) in [6.45, 7) is 2.37. The zero-order valence-electron chi connectivity index (χ0n) is 16.2. The number of ketones is 1. The maximum absolute atomic E-state index is 13.4. The number of nitrogens with one attached hydrogen (secondary N) is 1. The fourth-order valence-corrected chi connectivity index (χ4v) is 3.83. The lowest BCUT2D eigenvalue weighted by molar-refractivity contribution is 0.0901. The highest BCUT2D eigenvalue weighted by Gasteiger charge is 2.24. The minimum Gasteiger partial charge on any atom is -0.398 e. The highest BCUT2D eigenvalue weighted by atomic mass is 16.2. The molecule has 1 amide bonds. The second kappa shape index (κ2) is 8.41. The third-order valence-electron chi connectivity index (χ3n) is 5.37. The number of nitrogens with two attached hydrogens (primary N) is 1. The fraction of sp³-hybridized carbons (Fsp3) is 0.261. The number of benzene rings is 2. The van der Waals surface area contributed by atoms with E-state index >= 15 is 0 Å². The number of hydrogen-bond acceptors (Lipinski definition) is 5. The second-order valence-corrected chi connectivity index (χ2v) is 7.32. The van der Waals surface area contributed by atoms with Crippen LogP contribution in [0.5, 0.6) is 0 Å². The summed E-state index contributed by atoms with van der Waals surface area (Å²) in [6, 6.07) is 14.7. The molecular formula is C23H24N4O2. The zero-order valence-corrected chi connectivity index (χ0v) is 16.2. The molecule has 1 aromatic heterocycles. The van der Waals surface area contributed by atoms with Crippen molar-refractivity contribution >= 4 is 28.2 Å². The van der Waals surface area contributed by atoms with Gasteiger partial charge >= 0.3 is 0 Å². The van der Waals surface area contributed by atoms with E-state index in [9.17, 15) is 9.59 Å². The number of carbonyl (C=O) groups is 2. The Labute approximate surface area is 169 Å². The molecule has 3 N–H and O–H groups in total. The molecule has 29 heavy (non-hydrogen) atoms. The summed E-state index contributed by atoms with van der Waals surface area (Å²) in [5.41, 5.74) is 7.11. The molecule has 0 aliphatic carbocycles. The SMILES string of the molecule is Nc1ccnc(C(=O)NCN2CCCCC2)c1C(=O)c1cccc2ccccc12. The van der Waals surface area contributed by atoms with Crippen molar-refractivity contribution in [1.29, 1.82) is 0 Å². The van der Waals surface area contributed by atoms with Gasteiger partial charge in [-0.05, 0) is 42.8 Å². The normalized spacial score (nSPS) is 14.6. The maximum atomic E-state index is 13.4. The number of aromatic nitrogens is 1. The molecule has 0 spiro atoms. The zero-order chi connectivity index (χ0) is 20.2. The number of rotatable bonds is 5. The van der Waals surface area contributed by atoms with Gasteiger partial charge < -0.3 is 11.1 Å². The van der Waals surface area contributed by atoms with Crippen molar-refractivity contribution in [3.05, 3.63) is 71.5 Å². The number of piperidine rings is 1. The van der Waals surface area contributed by atoms with Crippen LogP contribution in [0, 0.1) is 0 Å². The molecule has 0 saturated carbocycles. The molecule has 4 rings (SSSR count). The van der Waals surface area contributed by atoms with Gasteiger partial charge in [0, 0.05) is 17.4 Å². The third-order valence-corrected chi connectivity index (χ3v) is 5.37. The summed E-state index contributed by atoms with van der Waals surface area (Å²) >= 11 is 0. The van der Waals surface area contributed by atoms with Crippen LogP contribution in [0.2, 0.25) is 0 Å². The number of hydrogen-bond donors (Lipinski definition) is 2. The molecule has 2 heterocycles. The summed E-state index contributed by atoms with van der Waals surface area (Å²) in [4.78, 5) is 32.6. The molecule has 1 fully saturated rings. The van der Waals surface area contributed by atoms with E-state index in [-0.39, 0.29) is 28.6 Å². The van der Waals surface area contributed by atoms with Crippen molar-refractivity contribution in [2.75, 3.05) is 25.5 Å². The standard InChI is InChI=1S/C23H24N4O2/c24-19-11-12-25-21(23(29)26-15-27-13-4-1-5-14-27)20(19)22(28)18-10-6-8-16-7-2-3-9-17(16)18/h2-3,6-12H,1,4-5,13-15H2,(H2,24,25)(H,26,29). The lowest BCUT2D eigenvalue weighted by atomic mass is 9.95. The van der Waals surface area contributed by atoms with Crippen LogP contribution in [0.25, 0.3) is 10.8 Å². The van der Waals surface area contributed by atoms with Gasteiger partial charge in [-0.15, -0.1) is 0 Å². The van der Waals surface area contributed by atoms with Crippen LogP contribution in [0.1, 0.15) is 45.7 Å². The van der Waals surface area contributed by atoms with E-state index in [1.165, 1.54) is 12.6 Å². The Balaban J connectivity index is 1.65. The van der Waals surface area contributed by atoms with Crippen molar-refractivity contribution in [3.8, 4) is 0 Å². The van der Waals surface area contributed by atoms with Crippen molar-refractivity contribution < 1.29 is 9.59 Å². The molecule has 0 unspecified atom stereocenters. The Morgan fingerprint density at radius 3 is 2.59 bits per heavy atom. The number of anilines is 1. The molecule has 6 nitrogen and oxygen atoms in total. The van der Waals surface area contributed by atoms with Crippen LogP contribution in [-0.4, -0.2) is 41.3 Å². The Hall–Kier alpha value is -3.25. The van der Waals surface area contributed by atoms with Crippen LogP contribution >= 0.6 is 0 Å². The van der Waals surface area contributed by atoms with E-state index in [1.807, 2.05) is 36.4 Å². The lowest BCUT2D eigenvalue weighted by Crippen LogP contribution is -2.41. The van der Waals surface area contributed by atoms with E-state index in [0.717, 1.165) is 36.7 Å². The summed E-state index contributed by atoms with van der Waals surface area (Å²) in [7, 11) is 0. The Kier molecular flexibility index (Phi) is 5.53. The topological polar surface area (TPSA) is 88.3 Å². The number of nitrogens with zero attached hydrogens (tertiary/aromatic N) is 2. The van der Waals surface area contributed by atoms with Gasteiger partial charge in [0.2, 0.25) is 0 Å². The van der Waals surface area contributed by atoms with Crippen molar-refractivity contribution in [3.63, 3.8) is 0 Å². The number of nitrogen functional groups attached to an aromatic ring is 1. The van der Waals surface area contributed by atoms with Crippen LogP contribution in [-0.2, 0) is 0 Å². The van der Waals surface area contributed by atoms with E-state index in [4.69, 9.17) is 5.73 Å². The van der Waals surface area contributed by atoms with E-state index < -0.39 is 0 Å². The van der Waals surface area contributed by atoms with Gasteiger partial charge in [0.15, 0.2) is 5.78 Å². The number of fused-ring (bicyclic) bond motifs is 1. The van der Waals surface area contributed by atoms with Crippen molar-refractivity contribution in [2.45, 2.75) is 19.3 Å². The van der Waals surface area contributed by atoms with Crippen molar-refractivity contribution in [1.82, 2.24) is 15.2 Å². The first-order chi connectivity index (χ1) is 14.1. The monoisotopic (exact) mass is 388 g/mol. The first-order valence-electron chi connectivity index (χ1n) is 9.92. The second-order valence-electron chi connectivity index (χ2n) is 7.32. The third kappa shape index (κ3) is 3.98. The van der Waals surface area contributed by atoms with Crippen LogP contribution in [0.3, 0.4) is 0 Å². The molecule has 0 bridgehead atoms. The first kappa shape index (κ1) is 19.1. The minimum atomic E-state index is -0.383. The Morgan fingerprint density at radius 2 is 1.76 bits per heavy atom. The Bertz CT molecular complexity index is 1050. The molecular weight excluding hydrogens is 364 g/mol. The smallest absolute Gasteiger partial charge is 0.271 e. The average Bonchev–Trinajstić information content (AvgIpc) is 2.77. The largest absolute Gasteiger partial charge is 0.398 e. The number of carbonyl (C=O) groups excluding carboxylic acids is 2. The first-order valence-corrected chi connectivity index (χ1v) is 9.92. The number of amides is 1. The summed E-state index contributed by atoms with van der Waals surface area (Å²) in [5, 5.41) is 4.67. The van der Waals surface area contributed by atoms with Crippen molar-refractivity contribution in [2.24, 2.45) is 0 Å². The van der Waals surface area contributed by atoms with Gasteiger partial charge in [0.05, 0.1) is 12.2 Å². The maximum Gasteiger partial charge on any atom is 0.271 e. The average molecular weight is 388 g/mol. The molecule has 0 atom stereocenters. The van der Waals surface area contributed by atoms with Gasteiger partial charge in [0.25, 0.3) is 5.91 Å². The predicted molar refractivity (Wildman–Crippen MR) is 114 cm³/mol. The summed E-state index contributed by atoms with van der Waals surface area (Å²) < 4.78 is 0. The number of pyridine rings is 1. The summed E-state index contributed by atoms with van der Waals surface area (Å²) in [5.74, 6) is -0.679. The molecule has 6 heteroatoms. The van der Waals surface area contributed by atoms with Gasteiger partial charge in [-0.25, -0.2) is 0 Å². The van der Waals surface area contributed by atoms with E-state index in [1.54, 1.807) is 12.1 Å². The predicted octanol–water partition coefficient (Wildman–Crippen LogP) is 3.22. The summed E-state index contributed by atoms with van der Waals surface area (Å²) in [6.07, 6.45) is 4.96. The van der Waals surface area contributed by atoms with E-state index in [2.05, 4.69) is 15.2 Å². The van der Waals surface area contributed by atoms with Crippen LogP contribution < -0.4 is 11.1 Å². The quantitative estimate of drug-likeness (QED) is 0.655. The van der Waals surface area contributed by atoms with E-state index in [0.29, 0.717) is 12.2 Å². The van der Waals surface area contributed by atoms with Gasteiger partial charge in [0.1, 0.15) is 5.69 Å². The highest BCUT2D eigenvalue weighted by molar-refractivity contribution is 6.21.